The molecule has 0 fully saturated rings. The van der Waals surface area contributed by atoms with Crippen molar-refractivity contribution in [1.82, 2.24) is 16.0 Å². The summed E-state index contributed by atoms with van der Waals surface area (Å²) in [7, 11) is 0. The molecule has 0 aromatic carbocycles. The van der Waals surface area contributed by atoms with E-state index in [1.54, 1.807) is 6.26 Å². The zero-order valence-electron chi connectivity index (χ0n) is 18.3. The van der Waals surface area contributed by atoms with Crippen LogP contribution in [0.4, 0.5) is 0 Å². The third kappa shape index (κ3) is 11.5. The molecule has 9 N–H and O–H groups in total. The summed E-state index contributed by atoms with van der Waals surface area (Å²) in [5, 5.41) is 26.1. The van der Waals surface area contributed by atoms with E-state index in [2.05, 4.69) is 16.0 Å². The van der Waals surface area contributed by atoms with Crippen molar-refractivity contribution in [2.75, 3.05) is 24.0 Å². The highest BCUT2D eigenvalue weighted by molar-refractivity contribution is 7.98. The third-order valence-electron chi connectivity index (χ3n) is 4.30. The molecule has 0 aromatic rings. The first kappa shape index (κ1) is 30.0. The molecule has 0 saturated heterocycles. The van der Waals surface area contributed by atoms with Gasteiger partial charge in [-0.05, 0) is 43.8 Å². The normalized spacial score (nSPS) is 15.5. The van der Waals surface area contributed by atoms with E-state index >= 15 is 0 Å². The summed E-state index contributed by atoms with van der Waals surface area (Å²) in [4.78, 5) is 60.2. The fourth-order valence-corrected chi connectivity index (χ4v) is 3.44. The van der Waals surface area contributed by atoms with Crippen LogP contribution in [0, 0.1) is 0 Å². The lowest BCUT2D eigenvalue weighted by Crippen LogP contribution is -2.60. The summed E-state index contributed by atoms with van der Waals surface area (Å²) in [6.07, 6.45) is 2.13. The number of carboxylic acids is 1. The summed E-state index contributed by atoms with van der Waals surface area (Å²) < 4.78 is 0. The fraction of sp³-hybridized carbons (Fsp3) is 0.722. The molecule has 12 nitrogen and oxygen atoms in total. The van der Waals surface area contributed by atoms with Crippen molar-refractivity contribution < 1.29 is 34.2 Å². The summed E-state index contributed by atoms with van der Waals surface area (Å²) in [5.41, 5.74) is 10.9. The number of hydrogen-bond donors (Lipinski definition) is 7. The van der Waals surface area contributed by atoms with Crippen LogP contribution in [0.3, 0.4) is 0 Å². The Balaban J connectivity index is 5.35. The van der Waals surface area contributed by atoms with Crippen molar-refractivity contribution in [3.63, 3.8) is 0 Å². The average molecular weight is 496 g/mol. The number of carbonyl (C=O) groups is 5. The lowest BCUT2D eigenvalue weighted by atomic mass is 10.1. The Morgan fingerprint density at radius 2 is 1.41 bits per heavy atom. The second-order valence-corrected chi connectivity index (χ2v) is 9.00. The van der Waals surface area contributed by atoms with Crippen LogP contribution in [-0.2, 0) is 24.0 Å². The van der Waals surface area contributed by atoms with E-state index in [-0.39, 0.29) is 6.42 Å². The highest BCUT2D eigenvalue weighted by Gasteiger charge is 2.33. The highest BCUT2D eigenvalue weighted by Crippen LogP contribution is 2.05. The number of carbonyl (C=O) groups excluding carboxylic acids is 4. The third-order valence-corrected chi connectivity index (χ3v) is 5.58. The van der Waals surface area contributed by atoms with Crippen LogP contribution in [0.1, 0.15) is 26.2 Å². The van der Waals surface area contributed by atoms with E-state index in [0.29, 0.717) is 17.9 Å². The number of carboxylic acid groups (broad SMARTS) is 1. The van der Waals surface area contributed by atoms with Gasteiger partial charge in [0.05, 0.1) is 18.6 Å². The number of amides is 4. The molecule has 0 radical (unpaired) electrons. The SMILES string of the molecule is CSCCC(N)C(=O)NC(CC(N)=O)C(=O)NC(C(=O)NC(CCSC)C(=O)O)C(C)O. The molecule has 0 rings (SSSR count). The lowest BCUT2D eigenvalue weighted by molar-refractivity contribution is -0.143. The van der Waals surface area contributed by atoms with E-state index in [9.17, 15) is 34.2 Å². The van der Waals surface area contributed by atoms with Crippen LogP contribution < -0.4 is 27.4 Å². The molecule has 184 valence electrons. The average Bonchev–Trinajstić information content (AvgIpc) is 2.71. The van der Waals surface area contributed by atoms with Crippen molar-refractivity contribution in [2.45, 2.75) is 56.5 Å². The smallest absolute Gasteiger partial charge is 0.326 e. The zero-order chi connectivity index (χ0) is 24.8. The predicted molar refractivity (Wildman–Crippen MR) is 123 cm³/mol. The lowest BCUT2D eigenvalue weighted by Gasteiger charge is -2.26. The van der Waals surface area contributed by atoms with Gasteiger partial charge in [-0.25, -0.2) is 4.79 Å². The van der Waals surface area contributed by atoms with Crippen molar-refractivity contribution in [2.24, 2.45) is 11.5 Å². The number of nitrogens with one attached hydrogen (secondary N) is 3. The maximum Gasteiger partial charge on any atom is 0.326 e. The highest BCUT2D eigenvalue weighted by atomic mass is 32.2. The first-order valence-corrected chi connectivity index (χ1v) is 12.6. The summed E-state index contributed by atoms with van der Waals surface area (Å²) in [6.45, 7) is 1.22. The van der Waals surface area contributed by atoms with E-state index in [1.807, 2.05) is 6.26 Å². The van der Waals surface area contributed by atoms with Crippen molar-refractivity contribution in [1.29, 1.82) is 0 Å². The maximum absolute atomic E-state index is 12.7. The Morgan fingerprint density at radius 3 is 1.88 bits per heavy atom. The Morgan fingerprint density at radius 1 is 0.875 bits per heavy atom. The van der Waals surface area contributed by atoms with Crippen molar-refractivity contribution in [3.8, 4) is 0 Å². The van der Waals surface area contributed by atoms with Crippen LogP contribution in [0.2, 0.25) is 0 Å². The van der Waals surface area contributed by atoms with Crippen molar-refractivity contribution in [3.05, 3.63) is 0 Å². The number of aliphatic hydroxyl groups is 1. The molecule has 5 atom stereocenters. The Hall–Kier alpha value is -2.03. The molecule has 0 heterocycles. The monoisotopic (exact) mass is 495 g/mol. The van der Waals surface area contributed by atoms with E-state index < -0.39 is 66.3 Å². The van der Waals surface area contributed by atoms with Gasteiger partial charge in [-0.3, -0.25) is 19.2 Å². The number of nitrogens with two attached hydrogens (primary N) is 2. The number of aliphatic carboxylic acids is 1. The number of thioether (sulfide) groups is 2. The van der Waals surface area contributed by atoms with E-state index in [4.69, 9.17) is 11.5 Å². The van der Waals surface area contributed by atoms with E-state index in [0.717, 1.165) is 0 Å². The van der Waals surface area contributed by atoms with E-state index in [1.165, 1.54) is 30.4 Å². The van der Waals surface area contributed by atoms with Gasteiger partial charge in [0.1, 0.15) is 18.1 Å². The van der Waals surface area contributed by atoms with Gasteiger partial charge in [0, 0.05) is 0 Å². The molecule has 0 bridgehead atoms. The van der Waals surface area contributed by atoms with Crippen LogP contribution in [0.5, 0.6) is 0 Å². The van der Waals surface area contributed by atoms with Crippen LogP contribution >= 0.6 is 23.5 Å². The number of hydrogen-bond acceptors (Lipinski definition) is 9. The molecule has 0 aliphatic rings. The van der Waals surface area contributed by atoms with Gasteiger partial charge in [0.15, 0.2) is 0 Å². The fourth-order valence-electron chi connectivity index (χ4n) is 2.48. The Kier molecular flexibility index (Phi) is 14.7. The second-order valence-electron chi connectivity index (χ2n) is 7.03. The molecule has 0 spiro atoms. The minimum atomic E-state index is -1.53. The molecule has 0 aromatic heterocycles. The largest absolute Gasteiger partial charge is 0.480 e. The molecule has 0 saturated carbocycles. The maximum atomic E-state index is 12.7. The Bertz CT molecular complexity index is 666. The first-order chi connectivity index (χ1) is 14.9. The minimum Gasteiger partial charge on any atom is -0.480 e. The summed E-state index contributed by atoms with van der Waals surface area (Å²) in [6, 6.07) is -5.10. The van der Waals surface area contributed by atoms with Gasteiger partial charge in [-0.15, -0.1) is 0 Å². The summed E-state index contributed by atoms with van der Waals surface area (Å²) >= 11 is 2.87. The molecule has 0 aliphatic carbocycles. The minimum absolute atomic E-state index is 0.136. The molecule has 32 heavy (non-hydrogen) atoms. The molecule has 4 amide bonds. The molecule has 14 heteroatoms. The molecular weight excluding hydrogens is 462 g/mol. The van der Waals surface area contributed by atoms with Gasteiger partial charge < -0.3 is 37.6 Å². The first-order valence-electron chi connectivity index (χ1n) is 9.78. The standard InChI is InChI=1S/C18H33N5O7S2/c1-9(24)14(17(28)21-11(18(29)30)5-7-32-3)23-16(27)12(8-13(20)25)22-15(26)10(19)4-6-31-2/h9-12,14,24H,4-8,19H2,1-3H3,(H2,20,25)(H,21,28)(H,22,26)(H,23,27)(H,29,30). The van der Waals surface area contributed by atoms with Gasteiger partial charge in [0.2, 0.25) is 23.6 Å². The quantitative estimate of drug-likeness (QED) is 0.121. The Labute approximate surface area is 195 Å². The summed E-state index contributed by atoms with van der Waals surface area (Å²) in [5.74, 6) is -3.64. The van der Waals surface area contributed by atoms with Crippen LogP contribution in [0.15, 0.2) is 0 Å². The van der Waals surface area contributed by atoms with Gasteiger partial charge >= 0.3 is 5.97 Å². The van der Waals surface area contributed by atoms with Crippen molar-refractivity contribution >= 4 is 53.1 Å². The molecule has 0 aliphatic heterocycles. The number of primary amides is 1. The zero-order valence-corrected chi connectivity index (χ0v) is 20.0. The predicted octanol–water partition coefficient (Wildman–Crippen LogP) is -2.38. The van der Waals surface area contributed by atoms with Gasteiger partial charge in [0.25, 0.3) is 0 Å². The second kappa shape index (κ2) is 15.7. The van der Waals surface area contributed by atoms with Gasteiger partial charge in [-0.1, -0.05) is 0 Å². The van der Waals surface area contributed by atoms with Gasteiger partial charge in [-0.2, -0.15) is 23.5 Å². The topological polar surface area (TPSA) is 214 Å². The molecule has 5 unspecified atom stereocenters. The van der Waals surface area contributed by atoms with Crippen LogP contribution in [0.25, 0.3) is 0 Å². The number of rotatable bonds is 16. The molecular formula is C18H33N5O7S2. The van der Waals surface area contributed by atoms with Crippen LogP contribution in [-0.4, -0.2) is 94.1 Å². The number of aliphatic hydroxyl groups excluding tert-OH is 1.